The van der Waals surface area contributed by atoms with E-state index in [1.165, 1.54) is 7.11 Å². The van der Waals surface area contributed by atoms with Crippen molar-refractivity contribution in [1.82, 2.24) is 10.2 Å². The maximum absolute atomic E-state index is 12.2. The van der Waals surface area contributed by atoms with Crippen molar-refractivity contribution in [2.24, 2.45) is 0 Å². The summed E-state index contributed by atoms with van der Waals surface area (Å²) in [6.07, 6.45) is 0.519. The van der Waals surface area contributed by atoms with Gasteiger partial charge in [-0.05, 0) is 17.7 Å². The lowest BCUT2D eigenvalue weighted by molar-refractivity contribution is -0.130. The third kappa shape index (κ3) is 4.54. The van der Waals surface area contributed by atoms with Crippen molar-refractivity contribution in [3.05, 3.63) is 23.8 Å². The molecule has 0 radical (unpaired) electrons. The van der Waals surface area contributed by atoms with Crippen molar-refractivity contribution in [3.63, 3.8) is 0 Å². The number of hydrogen-bond donors (Lipinski definition) is 2. The van der Waals surface area contributed by atoms with E-state index >= 15 is 0 Å². The van der Waals surface area contributed by atoms with Crippen LogP contribution in [0.5, 0.6) is 11.5 Å². The minimum atomic E-state index is 0.0983. The average molecular weight is 310 g/mol. The Morgan fingerprint density at radius 2 is 2.38 bits per heavy atom. The van der Waals surface area contributed by atoms with E-state index in [0.29, 0.717) is 18.7 Å². The van der Waals surface area contributed by atoms with Crippen LogP contribution in [0.1, 0.15) is 12.0 Å². The van der Waals surface area contributed by atoms with Crippen LogP contribution in [0.15, 0.2) is 18.2 Å². The number of rotatable bonds is 5. The van der Waals surface area contributed by atoms with Crippen molar-refractivity contribution in [1.29, 1.82) is 0 Å². The van der Waals surface area contributed by atoms with Crippen LogP contribution in [0, 0.1) is 0 Å². The summed E-state index contributed by atoms with van der Waals surface area (Å²) >= 11 is 1.89. The number of thioether (sulfide) groups is 1. The molecule has 1 aliphatic rings. The number of benzene rings is 1. The molecule has 1 aliphatic heterocycles. The van der Waals surface area contributed by atoms with Crippen molar-refractivity contribution >= 4 is 17.7 Å². The van der Waals surface area contributed by atoms with Crippen molar-refractivity contribution < 1.29 is 14.6 Å². The zero-order chi connectivity index (χ0) is 15.2. The number of aromatic hydroxyl groups is 1. The van der Waals surface area contributed by atoms with Gasteiger partial charge in [-0.1, -0.05) is 6.07 Å². The maximum atomic E-state index is 12.2. The number of hydrogen-bond acceptors (Lipinski definition) is 5. The zero-order valence-electron chi connectivity index (χ0n) is 12.5. The van der Waals surface area contributed by atoms with Gasteiger partial charge >= 0.3 is 0 Å². The van der Waals surface area contributed by atoms with Crippen LogP contribution in [-0.4, -0.2) is 54.2 Å². The summed E-state index contributed by atoms with van der Waals surface area (Å²) in [5.74, 6) is 2.76. The highest BCUT2D eigenvalue weighted by Gasteiger charge is 2.19. The summed E-state index contributed by atoms with van der Waals surface area (Å²) in [7, 11) is 3.30. The molecule has 1 unspecified atom stereocenters. The molecule has 1 aromatic carbocycles. The zero-order valence-corrected chi connectivity index (χ0v) is 13.3. The quantitative estimate of drug-likeness (QED) is 0.862. The first-order valence-electron chi connectivity index (χ1n) is 7.01. The average Bonchev–Trinajstić information content (AvgIpc) is 2.48. The van der Waals surface area contributed by atoms with E-state index in [2.05, 4.69) is 5.32 Å². The third-order valence-electron chi connectivity index (χ3n) is 3.51. The number of ether oxygens (including phenoxy) is 1. The van der Waals surface area contributed by atoms with Gasteiger partial charge in [-0.15, -0.1) is 0 Å². The fraction of sp³-hybridized carbons (Fsp3) is 0.533. The molecule has 1 saturated heterocycles. The summed E-state index contributed by atoms with van der Waals surface area (Å²) in [4.78, 5) is 13.9. The molecule has 1 heterocycles. The van der Waals surface area contributed by atoms with Crippen molar-refractivity contribution in [2.45, 2.75) is 19.0 Å². The molecule has 21 heavy (non-hydrogen) atoms. The molecule has 5 nitrogen and oxygen atoms in total. The van der Waals surface area contributed by atoms with Crippen molar-refractivity contribution in [2.75, 3.05) is 32.2 Å². The van der Waals surface area contributed by atoms with E-state index in [9.17, 15) is 9.90 Å². The van der Waals surface area contributed by atoms with Gasteiger partial charge in [0, 0.05) is 44.1 Å². The SMILES string of the molecule is COc1ccc(CN(C)C(=O)CC2CSCCN2)cc1O. The molecule has 2 rings (SSSR count). The standard InChI is InChI=1S/C15H22N2O3S/c1-17(15(19)8-12-10-21-6-5-16-12)9-11-3-4-14(20-2)13(18)7-11/h3-4,7,12,16,18H,5-6,8-10H2,1-2H3. The first-order valence-corrected chi connectivity index (χ1v) is 8.16. The van der Waals surface area contributed by atoms with E-state index < -0.39 is 0 Å². The summed E-state index contributed by atoms with van der Waals surface area (Å²) < 4.78 is 5.01. The van der Waals surface area contributed by atoms with Crippen LogP contribution in [0.4, 0.5) is 0 Å². The van der Waals surface area contributed by atoms with Gasteiger partial charge in [-0.25, -0.2) is 0 Å². The Hall–Kier alpha value is -1.40. The Labute approximate surface area is 129 Å². The summed E-state index contributed by atoms with van der Waals surface area (Å²) in [5.41, 5.74) is 0.884. The van der Waals surface area contributed by atoms with Gasteiger partial charge in [0.1, 0.15) is 0 Å². The molecule has 1 aromatic rings. The Morgan fingerprint density at radius 3 is 3.00 bits per heavy atom. The number of methoxy groups -OCH3 is 1. The van der Waals surface area contributed by atoms with Crippen LogP contribution < -0.4 is 10.1 Å². The Balaban J connectivity index is 1.89. The van der Waals surface area contributed by atoms with Gasteiger partial charge in [0.15, 0.2) is 11.5 Å². The van der Waals surface area contributed by atoms with Crippen LogP contribution in [-0.2, 0) is 11.3 Å². The van der Waals surface area contributed by atoms with Gasteiger partial charge in [0.05, 0.1) is 7.11 Å². The van der Waals surface area contributed by atoms with Gasteiger partial charge in [-0.3, -0.25) is 4.79 Å². The molecule has 6 heteroatoms. The van der Waals surface area contributed by atoms with Gasteiger partial charge < -0.3 is 20.1 Å². The van der Waals surface area contributed by atoms with Crippen molar-refractivity contribution in [3.8, 4) is 11.5 Å². The first-order chi connectivity index (χ1) is 10.1. The predicted molar refractivity (Wildman–Crippen MR) is 84.9 cm³/mol. The molecule has 1 atom stereocenters. The first kappa shape index (κ1) is 16.0. The molecule has 1 fully saturated rings. The molecular formula is C15H22N2O3S. The van der Waals surface area contributed by atoms with Crippen LogP contribution in [0.2, 0.25) is 0 Å². The molecule has 0 spiro atoms. The van der Waals surface area contributed by atoms with Crippen LogP contribution >= 0.6 is 11.8 Å². The summed E-state index contributed by atoms with van der Waals surface area (Å²) in [6.45, 7) is 1.45. The number of phenolic OH excluding ortho intramolecular Hbond substituents is 1. The second-order valence-corrected chi connectivity index (χ2v) is 6.34. The fourth-order valence-electron chi connectivity index (χ4n) is 2.31. The highest BCUT2D eigenvalue weighted by molar-refractivity contribution is 7.99. The second kappa shape index (κ2) is 7.56. The van der Waals surface area contributed by atoms with Gasteiger partial charge in [0.25, 0.3) is 0 Å². The minimum Gasteiger partial charge on any atom is -0.504 e. The van der Waals surface area contributed by atoms with Gasteiger partial charge in [0.2, 0.25) is 5.91 Å². The number of carbonyl (C=O) groups is 1. The van der Waals surface area contributed by atoms with E-state index in [4.69, 9.17) is 4.74 Å². The normalized spacial score (nSPS) is 18.3. The van der Waals surface area contributed by atoms with E-state index in [-0.39, 0.29) is 17.7 Å². The maximum Gasteiger partial charge on any atom is 0.224 e. The summed E-state index contributed by atoms with van der Waals surface area (Å²) in [5, 5.41) is 13.1. The molecule has 0 saturated carbocycles. The summed E-state index contributed by atoms with van der Waals surface area (Å²) in [6, 6.07) is 5.47. The fourth-order valence-corrected chi connectivity index (χ4v) is 3.26. The third-order valence-corrected chi connectivity index (χ3v) is 4.64. The molecule has 1 amide bonds. The molecule has 0 aromatic heterocycles. The highest BCUT2D eigenvalue weighted by atomic mass is 32.2. The van der Waals surface area contributed by atoms with Gasteiger partial charge in [-0.2, -0.15) is 11.8 Å². The lowest BCUT2D eigenvalue weighted by atomic mass is 10.1. The number of carbonyl (C=O) groups excluding carboxylic acids is 1. The monoisotopic (exact) mass is 310 g/mol. The largest absolute Gasteiger partial charge is 0.504 e. The predicted octanol–water partition coefficient (Wildman–Crippen LogP) is 1.45. The molecule has 0 aliphatic carbocycles. The van der Waals surface area contributed by atoms with E-state index in [1.54, 1.807) is 24.1 Å². The molecule has 116 valence electrons. The topological polar surface area (TPSA) is 61.8 Å². The lowest BCUT2D eigenvalue weighted by Crippen LogP contribution is -2.41. The Bertz CT molecular complexity index is 490. The van der Waals surface area contributed by atoms with E-state index in [0.717, 1.165) is 23.6 Å². The highest BCUT2D eigenvalue weighted by Crippen LogP contribution is 2.26. The van der Waals surface area contributed by atoms with E-state index in [1.807, 2.05) is 17.8 Å². The second-order valence-electron chi connectivity index (χ2n) is 5.19. The lowest BCUT2D eigenvalue weighted by Gasteiger charge is -2.25. The number of nitrogens with zero attached hydrogens (tertiary/aromatic N) is 1. The Morgan fingerprint density at radius 1 is 1.57 bits per heavy atom. The molecular weight excluding hydrogens is 288 g/mol. The minimum absolute atomic E-state index is 0.0983. The molecule has 2 N–H and O–H groups in total. The Kier molecular flexibility index (Phi) is 5.76. The van der Waals surface area contributed by atoms with Crippen LogP contribution in [0.3, 0.4) is 0 Å². The number of phenols is 1. The molecule has 0 bridgehead atoms. The van der Waals surface area contributed by atoms with Crippen LogP contribution in [0.25, 0.3) is 0 Å². The number of amides is 1. The number of nitrogens with one attached hydrogen (secondary N) is 1. The smallest absolute Gasteiger partial charge is 0.224 e.